The summed E-state index contributed by atoms with van der Waals surface area (Å²) < 4.78 is 10.5. The fourth-order valence-electron chi connectivity index (χ4n) is 4.34. The molecule has 0 radical (unpaired) electrons. The molecular weight excluding hydrogens is 563 g/mol. The van der Waals surface area contributed by atoms with Crippen molar-refractivity contribution in [2.45, 2.75) is 43.5 Å². The number of nitrogens with zero attached hydrogens (tertiary/aromatic N) is 4. The van der Waals surface area contributed by atoms with Crippen LogP contribution in [-0.2, 0) is 0 Å². The highest BCUT2D eigenvalue weighted by Crippen LogP contribution is 2.37. The van der Waals surface area contributed by atoms with E-state index in [0.717, 1.165) is 32.4 Å². The predicted octanol–water partition coefficient (Wildman–Crippen LogP) is 6.45. The van der Waals surface area contributed by atoms with Crippen LogP contribution < -0.4 is 9.64 Å². The highest BCUT2D eigenvalue weighted by Gasteiger charge is 2.26. The summed E-state index contributed by atoms with van der Waals surface area (Å²) in [5.74, 6) is 2.32. The number of nitro groups is 1. The van der Waals surface area contributed by atoms with Gasteiger partial charge in [-0.05, 0) is 56.0 Å². The standard InChI is InChI=1S/C25H27IN4O5/c1-3-4-17-11-13-29(14-12-17)22-15-20(9-10-21(22)30(32)33)34-19-7-5-18(6-8-19)24(31)23(26)25-27-16(2)28-35-25/h5-10,15,17,23H,3-4,11-14H2,1-2H3. The molecule has 3 aromatic rings. The van der Waals surface area contributed by atoms with E-state index >= 15 is 0 Å². The summed E-state index contributed by atoms with van der Waals surface area (Å²) in [7, 11) is 0. The lowest BCUT2D eigenvalue weighted by Crippen LogP contribution is -2.34. The van der Waals surface area contributed by atoms with E-state index in [4.69, 9.17) is 9.26 Å². The van der Waals surface area contributed by atoms with E-state index in [9.17, 15) is 14.9 Å². The number of ketones is 1. The molecule has 0 spiro atoms. The van der Waals surface area contributed by atoms with Crippen molar-refractivity contribution in [2.75, 3.05) is 18.0 Å². The number of aryl methyl sites for hydroxylation is 1. The minimum atomic E-state index is -0.584. The molecule has 9 nitrogen and oxygen atoms in total. The molecule has 184 valence electrons. The minimum absolute atomic E-state index is 0.0802. The maximum absolute atomic E-state index is 12.8. The first-order valence-electron chi connectivity index (χ1n) is 11.7. The highest BCUT2D eigenvalue weighted by atomic mass is 127. The summed E-state index contributed by atoms with van der Waals surface area (Å²) in [6.07, 6.45) is 4.43. The van der Waals surface area contributed by atoms with Gasteiger partial charge in [0.1, 0.15) is 17.2 Å². The van der Waals surface area contributed by atoms with Gasteiger partial charge in [-0.1, -0.05) is 47.5 Å². The van der Waals surface area contributed by atoms with E-state index in [-0.39, 0.29) is 22.3 Å². The van der Waals surface area contributed by atoms with Crippen LogP contribution in [0.15, 0.2) is 47.0 Å². The average Bonchev–Trinajstić information content (AvgIpc) is 3.30. The molecule has 0 saturated carbocycles. The molecule has 1 saturated heterocycles. The Balaban J connectivity index is 1.47. The van der Waals surface area contributed by atoms with Crippen molar-refractivity contribution in [3.8, 4) is 11.5 Å². The Bertz CT molecular complexity index is 1190. The normalized spacial score (nSPS) is 15.1. The molecule has 2 heterocycles. The average molecular weight is 590 g/mol. The smallest absolute Gasteiger partial charge is 0.292 e. The van der Waals surface area contributed by atoms with E-state index in [1.54, 1.807) is 43.3 Å². The summed E-state index contributed by atoms with van der Waals surface area (Å²) in [4.78, 5) is 30.3. The van der Waals surface area contributed by atoms with Gasteiger partial charge in [0.2, 0.25) is 5.89 Å². The lowest BCUT2D eigenvalue weighted by molar-refractivity contribution is -0.384. The SMILES string of the molecule is CCCC1CCN(c2cc(Oc3ccc(C(=O)C(I)c4nc(C)no4)cc3)ccc2[N+](=O)[O-])CC1. The number of anilines is 1. The zero-order chi connectivity index (χ0) is 24.9. The number of hydrogen-bond acceptors (Lipinski definition) is 8. The second-order valence-corrected chi connectivity index (χ2v) is 9.91. The molecule has 1 aliphatic rings. The van der Waals surface area contributed by atoms with Crippen LogP contribution in [-0.4, -0.2) is 33.9 Å². The van der Waals surface area contributed by atoms with Gasteiger partial charge in [-0.2, -0.15) is 4.98 Å². The van der Waals surface area contributed by atoms with Crippen LogP contribution in [0.25, 0.3) is 0 Å². The number of hydrogen-bond donors (Lipinski definition) is 0. The quantitative estimate of drug-likeness (QED) is 0.0919. The van der Waals surface area contributed by atoms with Crippen molar-refractivity contribution in [1.29, 1.82) is 0 Å². The van der Waals surface area contributed by atoms with Crippen LogP contribution in [0.3, 0.4) is 0 Å². The topological polar surface area (TPSA) is 112 Å². The van der Waals surface area contributed by atoms with Crippen molar-refractivity contribution in [2.24, 2.45) is 5.92 Å². The van der Waals surface area contributed by atoms with Crippen LogP contribution in [0.4, 0.5) is 11.4 Å². The van der Waals surface area contributed by atoms with E-state index in [0.29, 0.717) is 34.5 Å². The minimum Gasteiger partial charge on any atom is -0.457 e. The van der Waals surface area contributed by atoms with Gasteiger partial charge in [0.25, 0.3) is 5.69 Å². The maximum Gasteiger partial charge on any atom is 0.292 e. The van der Waals surface area contributed by atoms with Gasteiger partial charge in [-0.25, -0.2) is 0 Å². The fraction of sp³-hybridized carbons (Fsp3) is 0.400. The third-order valence-corrected chi connectivity index (χ3v) is 7.26. The number of piperidine rings is 1. The number of halogens is 1. The molecule has 1 unspecified atom stereocenters. The number of alkyl halides is 1. The summed E-state index contributed by atoms with van der Waals surface area (Å²) >= 11 is 1.98. The largest absolute Gasteiger partial charge is 0.457 e. The molecule has 0 bridgehead atoms. The lowest BCUT2D eigenvalue weighted by atomic mass is 9.92. The van der Waals surface area contributed by atoms with Crippen LogP contribution >= 0.6 is 22.6 Å². The Morgan fingerprint density at radius 3 is 2.51 bits per heavy atom. The van der Waals surface area contributed by atoms with Gasteiger partial charge in [0, 0.05) is 30.8 Å². The van der Waals surface area contributed by atoms with Crippen LogP contribution in [0.5, 0.6) is 11.5 Å². The molecule has 35 heavy (non-hydrogen) atoms. The second-order valence-electron chi connectivity index (χ2n) is 8.66. The first-order valence-corrected chi connectivity index (χ1v) is 12.9. The Labute approximate surface area is 217 Å². The fourth-order valence-corrected chi connectivity index (χ4v) is 4.96. The van der Waals surface area contributed by atoms with Gasteiger partial charge in [-0.3, -0.25) is 14.9 Å². The molecule has 1 aliphatic heterocycles. The van der Waals surface area contributed by atoms with Gasteiger partial charge in [-0.15, -0.1) is 0 Å². The number of carbonyl (C=O) groups is 1. The van der Waals surface area contributed by atoms with Gasteiger partial charge in [0.05, 0.1) is 4.92 Å². The summed E-state index contributed by atoms with van der Waals surface area (Å²) in [5, 5.41) is 15.4. The number of benzene rings is 2. The maximum atomic E-state index is 12.8. The van der Waals surface area contributed by atoms with Crippen LogP contribution in [0, 0.1) is 23.0 Å². The van der Waals surface area contributed by atoms with Gasteiger partial charge < -0.3 is 14.2 Å². The molecule has 0 aliphatic carbocycles. The van der Waals surface area contributed by atoms with E-state index < -0.39 is 3.92 Å². The predicted molar refractivity (Wildman–Crippen MR) is 140 cm³/mol. The zero-order valence-corrected chi connectivity index (χ0v) is 21.8. The highest BCUT2D eigenvalue weighted by molar-refractivity contribution is 14.1. The van der Waals surface area contributed by atoms with E-state index in [1.807, 2.05) is 22.6 Å². The number of nitro benzene ring substituents is 1. The molecule has 10 heteroatoms. The van der Waals surface area contributed by atoms with Crippen LogP contribution in [0.1, 0.15) is 58.6 Å². The van der Waals surface area contributed by atoms with Crippen molar-refractivity contribution in [3.05, 3.63) is 69.9 Å². The number of ether oxygens (including phenoxy) is 1. The summed E-state index contributed by atoms with van der Waals surface area (Å²) in [6.45, 7) is 5.48. The van der Waals surface area contributed by atoms with E-state index in [2.05, 4.69) is 22.0 Å². The first kappa shape index (κ1) is 25.1. The number of carbonyl (C=O) groups excluding carboxylic acids is 1. The molecule has 2 aromatic carbocycles. The Morgan fingerprint density at radius 2 is 1.91 bits per heavy atom. The number of rotatable bonds is 9. The van der Waals surface area contributed by atoms with Gasteiger partial charge >= 0.3 is 0 Å². The Hall–Kier alpha value is -3.02. The lowest BCUT2D eigenvalue weighted by Gasteiger charge is -2.33. The third-order valence-electron chi connectivity index (χ3n) is 6.16. The third kappa shape index (κ3) is 5.98. The Kier molecular flexibility index (Phi) is 7.99. The molecule has 1 atom stereocenters. The van der Waals surface area contributed by atoms with Gasteiger partial charge in [0.15, 0.2) is 15.5 Å². The zero-order valence-electron chi connectivity index (χ0n) is 19.6. The summed E-state index contributed by atoms with van der Waals surface area (Å²) in [6, 6.07) is 11.6. The van der Waals surface area contributed by atoms with Crippen LogP contribution in [0.2, 0.25) is 0 Å². The second kappa shape index (κ2) is 11.1. The molecule has 4 rings (SSSR count). The molecule has 1 fully saturated rings. The number of aromatic nitrogens is 2. The molecule has 1 aromatic heterocycles. The van der Waals surface area contributed by atoms with Crippen molar-refractivity contribution in [3.63, 3.8) is 0 Å². The van der Waals surface area contributed by atoms with Crippen molar-refractivity contribution < 1.29 is 19.0 Å². The van der Waals surface area contributed by atoms with Crippen molar-refractivity contribution >= 4 is 39.7 Å². The molecular formula is C25H27IN4O5. The molecule has 0 amide bonds. The first-order chi connectivity index (χ1) is 16.9. The number of Topliss-reactive ketones (excluding diaryl/α,β-unsaturated/α-hetero) is 1. The summed E-state index contributed by atoms with van der Waals surface area (Å²) in [5.41, 5.74) is 1.15. The Morgan fingerprint density at radius 1 is 1.23 bits per heavy atom. The monoisotopic (exact) mass is 590 g/mol. The molecule has 0 N–H and O–H groups in total. The van der Waals surface area contributed by atoms with E-state index in [1.165, 1.54) is 12.5 Å². The van der Waals surface area contributed by atoms with Crippen molar-refractivity contribution in [1.82, 2.24) is 10.1 Å².